The molecule has 0 heterocycles. The number of hydrogen-bond donors (Lipinski definition) is 0. The summed E-state index contributed by atoms with van der Waals surface area (Å²) in [6, 6.07) is 0. The van der Waals surface area contributed by atoms with Crippen molar-refractivity contribution >= 4 is 29.6 Å². The van der Waals surface area contributed by atoms with Crippen LogP contribution in [0.4, 0.5) is 4.70 Å². The van der Waals surface area contributed by atoms with E-state index < -0.39 is 0 Å². The zero-order valence-electron chi connectivity index (χ0n) is 2.36. The quantitative estimate of drug-likeness (QED) is 0.358. The summed E-state index contributed by atoms with van der Waals surface area (Å²) in [5.74, 6) is 0. The van der Waals surface area contributed by atoms with E-state index in [-0.39, 0.29) is 58.3 Å². The third-order valence-corrected chi connectivity index (χ3v) is 0. The van der Waals surface area contributed by atoms with Crippen molar-refractivity contribution in [3.05, 3.63) is 0 Å². The Morgan fingerprint density at radius 2 is 1.00 bits per heavy atom. The van der Waals surface area contributed by atoms with Crippen molar-refractivity contribution in [1.82, 2.24) is 0 Å². The van der Waals surface area contributed by atoms with Crippen LogP contribution >= 0.6 is 0 Å². The molecule has 0 amide bonds. The molecule has 0 aromatic rings. The van der Waals surface area contributed by atoms with Gasteiger partial charge in [0.2, 0.25) is 0 Å². The molecule has 0 saturated heterocycles. The van der Waals surface area contributed by atoms with Crippen LogP contribution < -0.4 is 0 Å². The molecule has 0 aromatic heterocycles. The maximum absolute atomic E-state index is 0. The van der Waals surface area contributed by atoms with Gasteiger partial charge >= 0.3 is 0 Å². The van der Waals surface area contributed by atoms with Crippen LogP contribution in [0.1, 0.15) is 0 Å². The topological polar surface area (TPSA) is 31.5 Å². The van der Waals surface area contributed by atoms with Crippen molar-refractivity contribution in [2.75, 3.05) is 0 Å². The van der Waals surface area contributed by atoms with Crippen LogP contribution in [-0.4, -0.2) is 35.0 Å². The summed E-state index contributed by atoms with van der Waals surface area (Å²) in [4.78, 5) is 0. The fourth-order valence-electron chi connectivity index (χ4n) is 0. The SMILES string of the molecule is F.O.[Na].[V]. The second kappa shape index (κ2) is 24.8. The van der Waals surface area contributed by atoms with E-state index in [2.05, 4.69) is 0 Å². The molecule has 0 aromatic carbocycles. The first-order chi connectivity index (χ1) is 0. The van der Waals surface area contributed by atoms with Gasteiger partial charge in [-0.15, -0.1) is 0 Å². The van der Waals surface area contributed by atoms with Gasteiger partial charge < -0.3 is 5.48 Å². The van der Waals surface area contributed by atoms with Crippen LogP contribution in [0.3, 0.4) is 0 Å². The Kier molecular flexibility index (Phi) is 313. The average Bonchev–Trinajstić information content (AvgIpc) is 0. The van der Waals surface area contributed by atoms with E-state index in [0.29, 0.717) is 0 Å². The Hall–Kier alpha value is 1.47. The van der Waals surface area contributed by atoms with Crippen LogP contribution in [0.2, 0.25) is 0 Å². The molecule has 0 rings (SSSR count). The maximum Gasteiger partial charge on any atom is 0 e. The third kappa shape index (κ3) is 9.79. The summed E-state index contributed by atoms with van der Waals surface area (Å²) < 4.78 is 0. The van der Waals surface area contributed by atoms with Crippen molar-refractivity contribution in [1.29, 1.82) is 0 Å². The Morgan fingerprint density at radius 3 is 1.00 bits per heavy atom. The fourth-order valence-corrected chi connectivity index (χ4v) is 0. The van der Waals surface area contributed by atoms with Gasteiger partial charge in [-0.25, -0.2) is 0 Å². The summed E-state index contributed by atoms with van der Waals surface area (Å²) in [5.41, 5.74) is 0. The molecule has 4 heavy (non-hydrogen) atoms. The molecule has 22 valence electrons. The van der Waals surface area contributed by atoms with Gasteiger partial charge in [-0.3, -0.25) is 4.70 Å². The summed E-state index contributed by atoms with van der Waals surface area (Å²) >= 11 is 0. The summed E-state index contributed by atoms with van der Waals surface area (Å²) in [7, 11) is 0. The van der Waals surface area contributed by atoms with E-state index in [0.717, 1.165) is 0 Å². The molecule has 0 bridgehead atoms. The zero-order chi connectivity index (χ0) is 0. The molecule has 0 unspecified atom stereocenters. The summed E-state index contributed by atoms with van der Waals surface area (Å²) in [6.45, 7) is 0. The molecule has 0 aliphatic carbocycles. The molecule has 0 aliphatic rings. The average molecular weight is 112 g/mol. The fraction of sp³-hybridized carbons (Fsp3) is 0. The Morgan fingerprint density at radius 1 is 1.00 bits per heavy atom. The van der Waals surface area contributed by atoms with Gasteiger partial charge in [-0.2, -0.15) is 0 Å². The zero-order valence-corrected chi connectivity index (χ0v) is 5.75. The van der Waals surface area contributed by atoms with Crippen LogP contribution in [0.25, 0.3) is 0 Å². The number of hydrogen-bond acceptors (Lipinski definition) is 0. The molecule has 2 N–H and O–H groups in total. The second-order valence-corrected chi connectivity index (χ2v) is 0. The van der Waals surface area contributed by atoms with Crippen molar-refractivity contribution in [2.45, 2.75) is 0 Å². The maximum atomic E-state index is 0. The van der Waals surface area contributed by atoms with Gasteiger partial charge in [0.05, 0.1) is 0 Å². The van der Waals surface area contributed by atoms with Crippen molar-refractivity contribution in [3.63, 3.8) is 0 Å². The van der Waals surface area contributed by atoms with E-state index in [1.54, 1.807) is 0 Å². The Balaban J connectivity index is 0. The Labute approximate surface area is 58.0 Å². The van der Waals surface area contributed by atoms with Crippen LogP contribution in [0, 0.1) is 0 Å². The van der Waals surface area contributed by atoms with Crippen molar-refractivity contribution in [3.8, 4) is 0 Å². The minimum absolute atomic E-state index is 0. The molecule has 0 spiro atoms. The molecule has 0 atom stereocenters. The minimum atomic E-state index is 0. The van der Waals surface area contributed by atoms with Gasteiger partial charge in [0.15, 0.2) is 0 Å². The first-order valence-electron chi connectivity index (χ1n) is 0. The predicted octanol–water partition coefficient (Wildman–Crippen LogP) is -1.06. The van der Waals surface area contributed by atoms with Gasteiger partial charge in [0, 0.05) is 48.1 Å². The first-order valence-corrected chi connectivity index (χ1v) is 0. The number of rotatable bonds is 0. The van der Waals surface area contributed by atoms with Gasteiger partial charge in [-0.05, 0) is 0 Å². The van der Waals surface area contributed by atoms with Crippen molar-refractivity contribution in [2.24, 2.45) is 0 Å². The van der Waals surface area contributed by atoms with Crippen LogP contribution in [-0.2, 0) is 18.6 Å². The molecule has 0 aliphatic heterocycles. The third-order valence-electron chi connectivity index (χ3n) is 0. The normalized spacial score (nSPS) is 0. The molecular formula is H3FNaOV. The standard InChI is InChI=1S/FH.Na.H2O.V/h1H;;1H2;. The number of halogens is 1. The van der Waals surface area contributed by atoms with E-state index in [4.69, 9.17) is 0 Å². The van der Waals surface area contributed by atoms with Gasteiger partial charge in [-0.1, -0.05) is 0 Å². The summed E-state index contributed by atoms with van der Waals surface area (Å²) in [6.07, 6.45) is 0. The summed E-state index contributed by atoms with van der Waals surface area (Å²) in [5, 5.41) is 0. The Bertz CT molecular complexity index is 8.00. The van der Waals surface area contributed by atoms with E-state index >= 15 is 0 Å². The predicted molar refractivity (Wildman–Crippen MR) is 11.9 cm³/mol. The smallest absolute Gasteiger partial charge is 0 e. The second-order valence-electron chi connectivity index (χ2n) is 0. The monoisotopic (exact) mass is 112 g/mol. The minimum Gasteiger partial charge on any atom is -0.412 e. The van der Waals surface area contributed by atoms with Gasteiger partial charge in [0.25, 0.3) is 0 Å². The van der Waals surface area contributed by atoms with Gasteiger partial charge in [0.1, 0.15) is 0 Å². The first kappa shape index (κ1) is 50.4. The van der Waals surface area contributed by atoms with E-state index in [1.165, 1.54) is 0 Å². The molecule has 0 saturated carbocycles. The molecular weight excluding hydrogens is 109 g/mol. The molecule has 2 radical (unpaired) electrons. The largest absolute Gasteiger partial charge is 0.412 e. The van der Waals surface area contributed by atoms with Crippen LogP contribution in [0.5, 0.6) is 0 Å². The van der Waals surface area contributed by atoms with E-state index in [9.17, 15) is 0 Å². The van der Waals surface area contributed by atoms with Crippen LogP contribution in [0.15, 0.2) is 0 Å². The van der Waals surface area contributed by atoms with E-state index in [1.807, 2.05) is 0 Å². The molecule has 0 fully saturated rings. The molecule has 1 nitrogen and oxygen atoms in total. The van der Waals surface area contributed by atoms with Crippen molar-refractivity contribution < 1.29 is 28.7 Å². The molecule has 4 heteroatoms.